The van der Waals surface area contributed by atoms with E-state index in [0.29, 0.717) is 13.1 Å². The maximum atomic E-state index is 12.9. The highest BCUT2D eigenvalue weighted by molar-refractivity contribution is 7.99. The predicted molar refractivity (Wildman–Crippen MR) is 107 cm³/mol. The zero-order valence-corrected chi connectivity index (χ0v) is 15.5. The van der Waals surface area contributed by atoms with E-state index < -0.39 is 6.43 Å². The number of hydrogen-bond donors (Lipinski definition) is 2. The molecule has 2 aromatic carbocycles. The molecule has 3 aromatic rings. The highest BCUT2D eigenvalue weighted by atomic mass is 32.2. The number of imidazole rings is 1. The smallest absolute Gasteiger partial charge is 0.255 e. The molecule has 0 bridgehead atoms. The van der Waals surface area contributed by atoms with Crippen molar-refractivity contribution in [3.05, 3.63) is 60.4 Å². The summed E-state index contributed by atoms with van der Waals surface area (Å²) < 4.78 is 25.7. The van der Waals surface area contributed by atoms with Gasteiger partial charge in [0.15, 0.2) is 0 Å². The van der Waals surface area contributed by atoms with Crippen LogP contribution in [0.1, 0.15) is 5.69 Å². The lowest BCUT2D eigenvalue weighted by molar-refractivity contribution is 0.155. The first-order valence-electron chi connectivity index (χ1n) is 8.82. The summed E-state index contributed by atoms with van der Waals surface area (Å²) in [5.41, 5.74) is 3.79. The zero-order valence-electron chi connectivity index (χ0n) is 14.7. The van der Waals surface area contributed by atoms with Crippen LogP contribution in [0.15, 0.2) is 59.6 Å². The van der Waals surface area contributed by atoms with Gasteiger partial charge >= 0.3 is 0 Å². The number of halogens is 2. The zero-order chi connectivity index (χ0) is 18.6. The van der Waals surface area contributed by atoms with Crippen molar-refractivity contribution in [2.45, 2.75) is 17.9 Å². The first-order chi connectivity index (χ1) is 13.2. The average molecular weight is 386 g/mol. The molecule has 0 unspecified atom stereocenters. The first kappa shape index (κ1) is 17.9. The van der Waals surface area contributed by atoms with Gasteiger partial charge in [0.25, 0.3) is 6.43 Å². The standard InChI is InChI=1S/C20H20F2N4S/c21-19(22)13-26-8-9-27-18-7-6-15(10-17(18)26)23-11-16-12-24-20(25-16)14-4-2-1-3-5-14/h1-7,10,12,19,23H,8-9,11,13H2,(H,24,25). The van der Waals surface area contributed by atoms with Gasteiger partial charge in [-0.05, 0) is 18.2 Å². The summed E-state index contributed by atoms with van der Waals surface area (Å²) in [4.78, 5) is 10.6. The molecular weight excluding hydrogens is 366 g/mol. The fourth-order valence-corrected chi connectivity index (χ4v) is 4.16. The Hall–Kier alpha value is -2.54. The van der Waals surface area contributed by atoms with E-state index in [4.69, 9.17) is 0 Å². The van der Waals surface area contributed by atoms with Crippen LogP contribution in [0.25, 0.3) is 11.4 Å². The Balaban J connectivity index is 1.45. The molecule has 0 saturated carbocycles. The second kappa shape index (κ2) is 8.00. The Bertz CT molecular complexity index is 898. The number of aromatic nitrogens is 2. The summed E-state index contributed by atoms with van der Waals surface area (Å²) in [6.45, 7) is 1.01. The average Bonchev–Trinajstić information content (AvgIpc) is 3.16. The van der Waals surface area contributed by atoms with Gasteiger partial charge in [0.05, 0.1) is 30.7 Å². The fraction of sp³-hybridized carbons (Fsp3) is 0.250. The van der Waals surface area contributed by atoms with Gasteiger partial charge in [-0.1, -0.05) is 30.3 Å². The number of hydrogen-bond acceptors (Lipinski definition) is 4. The molecule has 0 aliphatic carbocycles. The van der Waals surface area contributed by atoms with Crippen LogP contribution in [0, 0.1) is 0 Å². The largest absolute Gasteiger partial charge is 0.379 e. The molecule has 1 aromatic heterocycles. The second-order valence-electron chi connectivity index (χ2n) is 6.34. The third-order valence-corrected chi connectivity index (χ3v) is 5.48. The summed E-state index contributed by atoms with van der Waals surface area (Å²) >= 11 is 1.71. The van der Waals surface area contributed by atoms with Gasteiger partial charge < -0.3 is 15.2 Å². The molecule has 0 atom stereocenters. The van der Waals surface area contributed by atoms with Gasteiger partial charge in [-0.2, -0.15) is 0 Å². The Morgan fingerprint density at radius 3 is 2.85 bits per heavy atom. The number of thioether (sulfide) groups is 1. The van der Waals surface area contributed by atoms with Gasteiger partial charge in [0.1, 0.15) is 5.82 Å². The lowest BCUT2D eigenvalue weighted by Gasteiger charge is -2.31. The third-order valence-electron chi connectivity index (χ3n) is 4.44. The van der Waals surface area contributed by atoms with Crippen molar-refractivity contribution in [3.63, 3.8) is 0 Å². The Morgan fingerprint density at radius 2 is 2.04 bits per heavy atom. The normalized spacial score (nSPS) is 13.7. The molecule has 0 spiro atoms. The van der Waals surface area contributed by atoms with Crippen molar-refractivity contribution >= 4 is 23.1 Å². The SMILES string of the molecule is FC(F)CN1CCSc2ccc(NCc3cnc(-c4ccccc4)[nH]3)cc21. The molecule has 140 valence electrons. The molecule has 0 radical (unpaired) electrons. The minimum absolute atomic E-state index is 0.224. The summed E-state index contributed by atoms with van der Waals surface area (Å²) in [5.74, 6) is 1.67. The number of nitrogens with zero attached hydrogens (tertiary/aromatic N) is 2. The van der Waals surface area contributed by atoms with Crippen molar-refractivity contribution in [1.82, 2.24) is 9.97 Å². The molecule has 2 heterocycles. The maximum absolute atomic E-state index is 12.9. The molecule has 4 nitrogen and oxygen atoms in total. The Kier molecular flexibility index (Phi) is 5.29. The van der Waals surface area contributed by atoms with E-state index in [1.165, 1.54) is 0 Å². The number of fused-ring (bicyclic) bond motifs is 1. The quantitative estimate of drug-likeness (QED) is 0.635. The van der Waals surface area contributed by atoms with Crippen molar-refractivity contribution in [1.29, 1.82) is 0 Å². The number of alkyl halides is 2. The highest BCUT2D eigenvalue weighted by Crippen LogP contribution is 2.37. The highest BCUT2D eigenvalue weighted by Gasteiger charge is 2.20. The number of aromatic amines is 1. The van der Waals surface area contributed by atoms with Gasteiger partial charge in [0.2, 0.25) is 0 Å². The molecule has 1 aliphatic heterocycles. The van der Waals surface area contributed by atoms with E-state index >= 15 is 0 Å². The van der Waals surface area contributed by atoms with Crippen molar-refractivity contribution < 1.29 is 8.78 Å². The molecule has 7 heteroatoms. The molecule has 27 heavy (non-hydrogen) atoms. The lowest BCUT2D eigenvalue weighted by Crippen LogP contribution is -2.33. The molecule has 1 aliphatic rings. The third kappa shape index (κ3) is 4.24. The number of nitrogens with one attached hydrogen (secondary N) is 2. The van der Waals surface area contributed by atoms with E-state index in [0.717, 1.165) is 39.1 Å². The van der Waals surface area contributed by atoms with Crippen LogP contribution in [0.5, 0.6) is 0 Å². The first-order valence-corrected chi connectivity index (χ1v) is 9.81. The number of H-pyrrole nitrogens is 1. The summed E-state index contributed by atoms with van der Waals surface area (Å²) in [5, 5.41) is 3.36. The number of rotatable bonds is 6. The Morgan fingerprint density at radius 1 is 1.19 bits per heavy atom. The van der Waals surface area contributed by atoms with Crippen LogP contribution in [0.4, 0.5) is 20.2 Å². The lowest BCUT2D eigenvalue weighted by atomic mass is 10.2. The fourth-order valence-electron chi connectivity index (χ4n) is 3.13. The summed E-state index contributed by atoms with van der Waals surface area (Å²) in [7, 11) is 0. The predicted octanol–water partition coefficient (Wildman–Crippen LogP) is 4.87. The van der Waals surface area contributed by atoms with Gasteiger partial charge in [-0.15, -0.1) is 11.8 Å². The van der Waals surface area contributed by atoms with Crippen molar-refractivity contribution in [3.8, 4) is 11.4 Å². The van der Waals surface area contributed by atoms with Crippen molar-refractivity contribution in [2.75, 3.05) is 29.1 Å². The van der Waals surface area contributed by atoms with E-state index in [1.807, 2.05) is 54.7 Å². The van der Waals surface area contributed by atoms with E-state index in [9.17, 15) is 8.78 Å². The van der Waals surface area contributed by atoms with Crippen LogP contribution in [-0.4, -0.2) is 35.2 Å². The summed E-state index contributed by atoms with van der Waals surface area (Å²) in [6.07, 6.45) is -0.522. The maximum Gasteiger partial charge on any atom is 0.255 e. The van der Waals surface area contributed by atoms with Crippen molar-refractivity contribution in [2.24, 2.45) is 0 Å². The van der Waals surface area contributed by atoms with Crippen LogP contribution >= 0.6 is 11.8 Å². The van der Waals surface area contributed by atoms with Gasteiger partial charge in [0, 0.05) is 28.4 Å². The Labute approximate surface area is 161 Å². The minimum atomic E-state index is -2.33. The second-order valence-corrected chi connectivity index (χ2v) is 7.48. The minimum Gasteiger partial charge on any atom is -0.379 e. The van der Waals surface area contributed by atoms with Gasteiger partial charge in [-0.3, -0.25) is 0 Å². The number of benzene rings is 2. The van der Waals surface area contributed by atoms with E-state index in [2.05, 4.69) is 15.3 Å². The van der Waals surface area contributed by atoms with E-state index in [1.54, 1.807) is 16.7 Å². The van der Waals surface area contributed by atoms with E-state index in [-0.39, 0.29) is 6.54 Å². The number of anilines is 2. The van der Waals surface area contributed by atoms with Gasteiger partial charge in [-0.25, -0.2) is 13.8 Å². The molecular formula is C20H20F2N4S. The summed E-state index contributed by atoms with van der Waals surface area (Å²) in [6, 6.07) is 15.9. The van der Waals surface area contributed by atoms with Crippen LogP contribution in [0.3, 0.4) is 0 Å². The molecule has 0 amide bonds. The topological polar surface area (TPSA) is 44.0 Å². The van der Waals surface area contributed by atoms with Crippen LogP contribution in [0.2, 0.25) is 0 Å². The molecule has 4 rings (SSSR count). The molecule has 0 fully saturated rings. The molecule has 2 N–H and O–H groups in total. The monoisotopic (exact) mass is 386 g/mol. The van der Waals surface area contributed by atoms with Crippen LogP contribution in [-0.2, 0) is 6.54 Å². The van der Waals surface area contributed by atoms with Crippen LogP contribution < -0.4 is 10.2 Å². The molecule has 0 saturated heterocycles.